The van der Waals surface area contributed by atoms with Crippen LogP contribution in [0, 0.1) is 11.8 Å². The van der Waals surface area contributed by atoms with Crippen LogP contribution in [0.2, 0.25) is 0 Å². The summed E-state index contributed by atoms with van der Waals surface area (Å²) in [5.41, 5.74) is 0. The van der Waals surface area contributed by atoms with Gasteiger partial charge < -0.3 is 4.90 Å². The molecule has 112 valence electrons. The molecule has 1 aliphatic heterocycles. The van der Waals surface area contributed by atoms with Gasteiger partial charge in [-0.15, -0.1) is 11.6 Å². The van der Waals surface area contributed by atoms with Gasteiger partial charge in [-0.25, -0.2) is 0 Å². The molecular weight excluding hydrogens is 278 g/mol. The molecule has 0 N–H and O–H groups in total. The van der Waals surface area contributed by atoms with Gasteiger partial charge in [0, 0.05) is 24.7 Å². The number of hydrogen-bond donors (Lipinski definition) is 0. The Morgan fingerprint density at radius 2 is 1.68 bits per heavy atom. The van der Waals surface area contributed by atoms with E-state index < -0.39 is 0 Å². The second-order valence-electron chi connectivity index (χ2n) is 5.91. The number of unbranched alkanes of at least 4 members (excludes halogenated alkanes) is 3. The Morgan fingerprint density at radius 3 is 2.26 bits per heavy atom. The molecular formula is C15H28ClNOS. The van der Waals surface area contributed by atoms with E-state index >= 15 is 0 Å². The third-order valence-corrected chi connectivity index (χ3v) is 4.99. The van der Waals surface area contributed by atoms with E-state index in [9.17, 15) is 4.79 Å². The Kier molecular flexibility index (Phi) is 8.97. The average Bonchev–Trinajstić information content (AvgIpc) is 2.55. The largest absolute Gasteiger partial charge is 0.333 e. The predicted molar refractivity (Wildman–Crippen MR) is 86.2 cm³/mol. The SMILES string of the molecule is CC1CCC(C)CN(C(=O)SCCCCCCCl)C1. The van der Waals surface area contributed by atoms with E-state index in [1.807, 2.05) is 0 Å². The van der Waals surface area contributed by atoms with Gasteiger partial charge in [-0.2, -0.15) is 0 Å². The van der Waals surface area contributed by atoms with Crippen LogP contribution in [-0.4, -0.2) is 34.9 Å². The van der Waals surface area contributed by atoms with Crippen molar-refractivity contribution < 1.29 is 4.79 Å². The number of amides is 1. The Balaban J connectivity index is 2.20. The van der Waals surface area contributed by atoms with E-state index in [0.717, 1.165) is 37.6 Å². The number of likely N-dealkylation sites (tertiary alicyclic amines) is 1. The topological polar surface area (TPSA) is 20.3 Å². The molecule has 2 nitrogen and oxygen atoms in total. The normalized spacial score (nSPS) is 24.3. The molecule has 2 unspecified atom stereocenters. The number of halogens is 1. The maximum Gasteiger partial charge on any atom is 0.281 e. The molecule has 1 fully saturated rings. The summed E-state index contributed by atoms with van der Waals surface area (Å²) in [5.74, 6) is 3.02. The molecule has 0 aromatic rings. The van der Waals surface area contributed by atoms with E-state index in [-0.39, 0.29) is 5.24 Å². The fourth-order valence-electron chi connectivity index (χ4n) is 2.53. The molecule has 1 saturated heterocycles. The highest BCUT2D eigenvalue weighted by molar-refractivity contribution is 8.13. The first-order valence-electron chi connectivity index (χ1n) is 7.61. The predicted octanol–water partition coefficient (Wildman–Crippen LogP) is 5.01. The minimum atomic E-state index is 0.290. The fraction of sp³-hybridized carbons (Fsp3) is 0.933. The number of carbonyl (C=O) groups excluding carboxylic acids is 1. The van der Waals surface area contributed by atoms with Crippen LogP contribution in [-0.2, 0) is 0 Å². The lowest BCUT2D eigenvalue weighted by molar-refractivity contribution is 0.213. The van der Waals surface area contributed by atoms with Crippen molar-refractivity contribution >= 4 is 28.6 Å². The van der Waals surface area contributed by atoms with Crippen molar-refractivity contribution in [1.82, 2.24) is 4.90 Å². The van der Waals surface area contributed by atoms with E-state index in [1.54, 1.807) is 0 Å². The molecule has 0 aliphatic carbocycles. The highest BCUT2D eigenvalue weighted by Gasteiger charge is 2.22. The molecule has 1 amide bonds. The molecule has 4 heteroatoms. The fourth-order valence-corrected chi connectivity index (χ4v) is 3.57. The van der Waals surface area contributed by atoms with Crippen LogP contribution in [0.4, 0.5) is 4.79 Å². The molecule has 1 heterocycles. The minimum absolute atomic E-state index is 0.290. The molecule has 0 bridgehead atoms. The maximum atomic E-state index is 12.2. The van der Waals surface area contributed by atoms with Gasteiger partial charge in [0.25, 0.3) is 5.24 Å². The smallest absolute Gasteiger partial charge is 0.281 e. The van der Waals surface area contributed by atoms with Crippen LogP contribution in [0.1, 0.15) is 52.4 Å². The van der Waals surface area contributed by atoms with Crippen LogP contribution in [0.3, 0.4) is 0 Å². The Labute approximate surface area is 127 Å². The van der Waals surface area contributed by atoms with Gasteiger partial charge in [-0.05, 0) is 37.5 Å². The van der Waals surface area contributed by atoms with Gasteiger partial charge >= 0.3 is 0 Å². The number of carbonyl (C=O) groups is 1. The lowest BCUT2D eigenvalue weighted by Crippen LogP contribution is -2.33. The van der Waals surface area contributed by atoms with Crippen LogP contribution in [0.25, 0.3) is 0 Å². The quantitative estimate of drug-likeness (QED) is 0.508. The van der Waals surface area contributed by atoms with Crippen LogP contribution in [0.5, 0.6) is 0 Å². The standard InChI is InChI=1S/C15H28ClNOS/c1-13-7-8-14(2)12-17(11-13)15(18)19-10-6-4-3-5-9-16/h13-14H,3-12H2,1-2H3. The third-order valence-electron chi connectivity index (χ3n) is 3.73. The lowest BCUT2D eigenvalue weighted by Gasteiger charge is -2.23. The number of nitrogens with zero attached hydrogens (tertiary/aromatic N) is 1. The second-order valence-corrected chi connectivity index (χ2v) is 7.33. The van der Waals surface area contributed by atoms with Crippen LogP contribution >= 0.6 is 23.4 Å². The van der Waals surface area contributed by atoms with Crippen LogP contribution < -0.4 is 0 Å². The average molecular weight is 306 g/mol. The zero-order chi connectivity index (χ0) is 14.1. The Bertz CT molecular complexity index is 251. The molecule has 0 radical (unpaired) electrons. The van der Waals surface area contributed by atoms with Crippen molar-refractivity contribution in [2.45, 2.75) is 52.4 Å². The first-order valence-corrected chi connectivity index (χ1v) is 9.13. The molecule has 19 heavy (non-hydrogen) atoms. The molecule has 1 aliphatic rings. The summed E-state index contributed by atoms with van der Waals surface area (Å²) >= 11 is 7.15. The lowest BCUT2D eigenvalue weighted by atomic mass is 10.0. The summed E-state index contributed by atoms with van der Waals surface area (Å²) in [5, 5.41) is 0.290. The van der Waals surface area contributed by atoms with E-state index in [1.165, 1.54) is 37.4 Å². The van der Waals surface area contributed by atoms with Gasteiger partial charge in [-0.3, -0.25) is 4.79 Å². The van der Waals surface area contributed by atoms with Crippen LogP contribution in [0.15, 0.2) is 0 Å². The number of hydrogen-bond acceptors (Lipinski definition) is 2. The zero-order valence-electron chi connectivity index (χ0n) is 12.4. The van der Waals surface area contributed by atoms with Crippen molar-refractivity contribution in [1.29, 1.82) is 0 Å². The molecule has 0 aromatic carbocycles. The summed E-state index contributed by atoms with van der Waals surface area (Å²) < 4.78 is 0. The summed E-state index contributed by atoms with van der Waals surface area (Å²) in [6.45, 7) is 6.41. The Morgan fingerprint density at radius 1 is 1.11 bits per heavy atom. The highest BCUT2D eigenvalue weighted by Crippen LogP contribution is 2.23. The third kappa shape index (κ3) is 7.45. The Hall–Kier alpha value is 0.110. The number of thioether (sulfide) groups is 1. The van der Waals surface area contributed by atoms with Gasteiger partial charge in [0.1, 0.15) is 0 Å². The van der Waals surface area contributed by atoms with E-state index in [0.29, 0.717) is 11.8 Å². The first kappa shape index (κ1) is 17.2. The molecule has 2 atom stereocenters. The second kappa shape index (κ2) is 9.93. The maximum absolute atomic E-state index is 12.2. The van der Waals surface area contributed by atoms with Crippen molar-refractivity contribution in [2.24, 2.45) is 11.8 Å². The van der Waals surface area contributed by atoms with E-state index in [2.05, 4.69) is 18.7 Å². The van der Waals surface area contributed by atoms with Crippen molar-refractivity contribution in [3.8, 4) is 0 Å². The molecule has 0 spiro atoms. The summed E-state index contributed by atoms with van der Waals surface area (Å²) in [6, 6.07) is 0. The van der Waals surface area contributed by atoms with E-state index in [4.69, 9.17) is 11.6 Å². The molecule has 1 rings (SSSR count). The summed E-state index contributed by atoms with van der Waals surface area (Å²) in [4.78, 5) is 14.3. The van der Waals surface area contributed by atoms with Crippen molar-refractivity contribution in [3.05, 3.63) is 0 Å². The van der Waals surface area contributed by atoms with Gasteiger partial charge in [0.2, 0.25) is 0 Å². The van der Waals surface area contributed by atoms with Crippen molar-refractivity contribution in [3.63, 3.8) is 0 Å². The molecule has 0 saturated carbocycles. The monoisotopic (exact) mass is 305 g/mol. The minimum Gasteiger partial charge on any atom is -0.333 e. The molecule has 0 aromatic heterocycles. The number of alkyl halides is 1. The van der Waals surface area contributed by atoms with Gasteiger partial charge in [-0.1, -0.05) is 38.5 Å². The summed E-state index contributed by atoms with van der Waals surface area (Å²) in [7, 11) is 0. The number of rotatable bonds is 6. The van der Waals surface area contributed by atoms with Gasteiger partial charge in [0.05, 0.1) is 0 Å². The summed E-state index contributed by atoms with van der Waals surface area (Å²) in [6.07, 6.45) is 7.13. The first-order chi connectivity index (χ1) is 9.13. The highest BCUT2D eigenvalue weighted by atomic mass is 35.5. The zero-order valence-corrected chi connectivity index (χ0v) is 13.9. The van der Waals surface area contributed by atoms with Crippen molar-refractivity contribution in [2.75, 3.05) is 24.7 Å². The van der Waals surface area contributed by atoms with Gasteiger partial charge in [0.15, 0.2) is 0 Å².